The third-order valence-electron chi connectivity index (χ3n) is 2.54. The van der Waals surface area contributed by atoms with Gasteiger partial charge in [0.1, 0.15) is 5.69 Å². The molecule has 0 amide bonds. The van der Waals surface area contributed by atoms with E-state index < -0.39 is 5.97 Å². The van der Waals surface area contributed by atoms with Gasteiger partial charge in [-0.2, -0.15) is 0 Å². The fourth-order valence-electron chi connectivity index (χ4n) is 1.60. The van der Waals surface area contributed by atoms with Crippen molar-refractivity contribution in [3.63, 3.8) is 0 Å². The maximum Gasteiger partial charge on any atom is 0.335 e. The van der Waals surface area contributed by atoms with Crippen LogP contribution in [0.3, 0.4) is 0 Å². The van der Waals surface area contributed by atoms with Gasteiger partial charge in [-0.25, -0.2) is 9.78 Å². The van der Waals surface area contributed by atoms with Gasteiger partial charge >= 0.3 is 5.97 Å². The molecule has 0 saturated heterocycles. The molecule has 0 radical (unpaired) electrons. The SMILES string of the molecule is COc1ncc(C)cc1NSc1cccc(C(=O)O)c1. The molecule has 0 atom stereocenters. The van der Waals surface area contributed by atoms with E-state index in [1.54, 1.807) is 31.5 Å². The molecule has 20 heavy (non-hydrogen) atoms. The molecule has 1 aromatic carbocycles. The molecule has 0 spiro atoms. The first-order valence-electron chi connectivity index (χ1n) is 5.87. The van der Waals surface area contributed by atoms with Gasteiger partial charge in [-0.3, -0.25) is 0 Å². The maximum atomic E-state index is 10.9. The predicted molar refractivity (Wildman–Crippen MR) is 78.4 cm³/mol. The van der Waals surface area contributed by atoms with Crippen molar-refractivity contribution in [1.29, 1.82) is 0 Å². The zero-order valence-electron chi connectivity index (χ0n) is 11.1. The molecule has 0 aliphatic heterocycles. The number of carboxylic acid groups (broad SMARTS) is 1. The van der Waals surface area contributed by atoms with Crippen molar-refractivity contribution in [3.8, 4) is 5.88 Å². The van der Waals surface area contributed by atoms with Gasteiger partial charge < -0.3 is 14.6 Å². The number of hydrogen-bond donors (Lipinski definition) is 2. The molecule has 1 heterocycles. The van der Waals surface area contributed by atoms with Crippen LogP contribution in [-0.4, -0.2) is 23.2 Å². The van der Waals surface area contributed by atoms with Crippen LogP contribution in [0, 0.1) is 6.92 Å². The first-order valence-corrected chi connectivity index (χ1v) is 6.68. The van der Waals surface area contributed by atoms with Gasteiger partial charge in [0.25, 0.3) is 0 Å². The molecule has 0 bridgehead atoms. The first-order chi connectivity index (χ1) is 9.60. The van der Waals surface area contributed by atoms with Crippen molar-refractivity contribution in [3.05, 3.63) is 47.7 Å². The summed E-state index contributed by atoms with van der Waals surface area (Å²) in [7, 11) is 1.55. The van der Waals surface area contributed by atoms with Crippen LogP contribution in [0.1, 0.15) is 15.9 Å². The van der Waals surface area contributed by atoms with E-state index >= 15 is 0 Å². The van der Waals surface area contributed by atoms with Crippen LogP contribution in [0.25, 0.3) is 0 Å². The fraction of sp³-hybridized carbons (Fsp3) is 0.143. The molecule has 0 fully saturated rings. The number of pyridine rings is 1. The summed E-state index contributed by atoms with van der Waals surface area (Å²) >= 11 is 1.31. The van der Waals surface area contributed by atoms with Crippen molar-refractivity contribution in [2.24, 2.45) is 0 Å². The molecule has 6 heteroatoms. The van der Waals surface area contributed by atoms with Crippen LogP contribution < -0.4 is 9.46 Å². The number of nitrogens with zero attached hydrogens (tertiary/aromatic N) is 1. The minimum absolute atomic E-state index is 0.256. The van der Waals surface area contributed by atoms with Crippen molar-refractivity contribution in [2.75, 3.05) is 11.8 Å². The van der Waals surface area contributed by atoms with Gasteiger partial charge in [0.05, 0.1) is 12.7 Å². The zero-order valence-corrected chi connectivity index (χ0v) is 11.9. The van der Waals surface area contributed by atoms with Crippen molar-refractivity contribution in [2.45, 2.75) is 11.8 Å². The number of carbonyl (C=O) groups is 1. The zero-order chi connectivity index (χ0) is 14.5. The standard InChI is InChI=1S/C14H14N2O3S/c1-9-6-12(13(19-2)15-8-9)16-20-11-5-3-4-10(7-11)14(17)18/h3-8,16H,1-2H3,(H,17,18). The average molecular weight is 290 g/mol. The number of anilines is 1. The molecule has 0 unspecified atom stereocenters. The lowest BCUT2D eigenvalue weighted by molar-refractivity contribution is 0.0696. The molecular formula is C14H14N2O3S. The molecule has 104 valence electrons. The van der Waals surface area contributed by atoms with Gasteiger partial charge in [0.15, 0.2) is 0 Å². The first kappa shape index (κ1) is 14.2. The van der Waals surface area contributed by atoms with Crippen LogP contribution in [-0.2, 0) is 0 Å². The highest BCUT2D eigenvalue weighted by Gasteiger charge is 2.07. The number of methoxy groups -OCH3 is 1. The summed E-state index contributed by atoms with van der Waals surface area (Å²) in [6, 6.07) is 8.62. The topological polar surface area (TPSA) is 71.5 Å². The number of carboxylic acids is 1. The van der Waals surface area contributed by atoms with E-state index in [4.69, 9.17) is 9.84 Å². The molecule has 2 aromatic rings. The number of aromatic carboxylic acids is 1. The lowest BCUT2D eigenvalue weighted by atomic mass is 10.2. The predicted octanol–water partition coefficient (Wildman–Crippen LogP) is 3.22. The summed E-state index contributed by atoms with van der Waals surface area (Å²) < 4.78 is 8.29. The van der Waals surface area contributed by atoms with E-state index in [1.165, 1.54) is 11.9 Å². The van der Waals surface area contributed by atoms with Crippen LogP contribution in [0.15, 0.2) is 41.4 Å². The Kier molecular flexibility index (Phi) is 4.47. The lowest BCUT2D eigenvalue weighted by Gasteiger charge is -2.10. The largest absolute Gasteiger partial charge is 0.480 e. The number of aryl methyl sites for hydroxylation is 1. The summed E-state index contributed by atoms with van der Waals surface area (Å²) in [6.45, 7) is 1.94. The molecule has 5 nitrogen and oxygen atoms in total. The van der Waals surface area contributed by atoms with Crippen molar-refractivity contribution >= 4 is 23.6 Å². The summed E-state index contributed by atoms with van der Waals surface area (Å²) in [6.07, 6.45) is 1.72. The van der Waals surface area contributed by atoms with E-state index in [0.29, 0.717) is 5.88 Å². The molecule has 0 aliphatic rings. The smallest absolute Gasteiger partial charge is 0.335 e. The number of rotatable bonds is 5. The van der Waals surface area contributed by atoms with Gasteiger partial charge in [-0.05, 0) is 48.7 Å². The van der Waals surface area contributed by atoms with Crippen LogP contribution >= 0.6 is 11.9 Å². The second-order valence-electron chi connectivity index (χ2n) is 4.11. The Bertz CT molecular complexity index is 632. The highest BCUT2D eigenvalue weighted by atomic mass is 32.2. The van der Waals surface area contributed by atoms with Gasteiger partial charge in [0.2, 0.25) is 5.88 Å². The van der Waals surface area contributed by atoms with E-state index in [-0.39, 0.29) is 5.56 Å². The molecular weight excluding hydrogens is 276 g/mol. The number of ether oxygens (including phenoxy) is 1. The highest BCUT2D eigenvalue weighted by Crippen LogP contribution is 2.28. The third-order valence-corrected chi connectivity index (χ3v) is 3.35. The Balaban J connectivity index is 2.14. The Labute approximate surface area is 121 Å². The molecule has 0 aliphatic carbocycles. The molecule has 1 aromatic heterocycles. The van der Waals surface area contributed by atoms with E-state index in [9.17, 15) is 4.79 Å². The number of hydrogen-bond acceptors (Lipinski definition) is 5. The van der Waals surface area contributed by atoms with E-state index in [0.717, 1.165) is 16.1 Å². The summed E-state index contributed by atoms with van der Waals surface area (Å²) in [4.78, 5) is 15.9. The highest BCUT2D eigenvalue weighted by molar-refractivity contribution is 8.00. The maximum absolute atomic E-state index is 10.9. The second kappa shape index (κ2) is 6.29. The van der Waals surface area contributed by atoms with Gasteiger partial charge in [-0.15, -0.1) is 0 Å². The van der Waals surface area contributed by atoms with E-state index in [1.807, 2.05) is 19.1 Å². The quantitative estimate of drug-likeness (QED) is 0.824. The number of aromatic nitrogens is 1. The minimum Gasteiger partial charge on any atom is -0.480 e. The Morgan fingerprint density at radius 3 is 2.90 bits per heavy atom. The van der Waals surface area contributed by atoms with Gasteiger partial charge in [-0.1, -0.05) is 6.07 Å². The molecule has 2 N–H and O–H groups in total. The third kappa shape index (κ3) is 3.42. The summed E-state index contributed by atoms with van der Waals surface area (Å²) in [5.41, 5.74) is 2.01. The van der Waals surface area contributed by atoms with Crippen LogP contribution in [0.2, 0.25) is 0 Å². The van der Waals surface area contributed by atoms with Crippen LogP contribution in [0.4, 0.5) is 5.69 Å². The monoisotopic (exact) mass is 290 g/mol. The number of nitrogens with one attached hydrogen (secondary N) is 1. The summed E-state index contributed by atoms with van der Waals surface area (Å²) in [5, 5.41) is 8.95. The average Bonchev–Trinajstić information content (AvgIpc) is 2.45. The van der Waals surface area contributed by atoms with Gasteiger partial charge in [0, 0.05) is 11.1 Å². The number of benzene rings is 1. The van der Waals surface area contributed by atoms with E-state index in [2.05, 4.69) is 9.71 Å². The normalized spacial score (nSPS) is 10.1. The second-order valence-corrected chi connectivity index (χ2v) is 4.99. The minimum atomic E-state index is -0.942. The molecule has 0 saturated carbocycles. The van der Waals surface area contributed by atoms with Crippen molar-refractivity contribution in [1.82, 2.24) is 4.98 Å². The Morgan fingerprint density at radius 2 is 2.20 bits per heavy atom. The van der Waals surface area contributed by atoms with Crippen molar-refractivity contribution < 1.29 is 14.6 Å². The van der Waals surface area contributed by atoms with Crippen LogP contribution in [0.5, 0.6) is 5.88 Å². The fourth-order valence-corrected chi connectivity index (χ4v) is 2.31. The molecule has 2 rings (SSSR count). The summed E-state index contributed by atoms with van der Waals surface area (Å²) in [5.74, 6) is -0.445. The Morgan fingerprint density at radius 1 is 1.40 bits per heavy atom. The lowest BCUT2D eigenvalue weighted by Crippen LogP contribution is -1.97. The Hall–Kier alpha value is -2.21.